The van der Waals surface area contributed by atoms with Crippen LogP contribution in [0.4, 0.5) is 0 Å². The van der Waals surface area contributed by atoms with E-state index in [0.717, 1.165) is 6.42 Å². The number of aromatic amines is 1. The van der Waals surface area contributed by atoms with Crippen LogP contribution >= 0.6 is 11.8 Å². The van der Waals surface area contributed by atoms with Crippen molar-refractivity contribution in [3.63, 3.8) is 0 Å². The second-order valence-corrected chi connectivity index (χ2v) is 5.93. The minimum atomic E-state index is -0.181. The van der Waals surface area contributed by atoms with E-state index in [1.807, 2.05) is 20.8 Å². The Labute approximate surface area is 104 Å². The molecule has 0 aromatic carbocycles. The molecule has 94 valence electrons. The highest BCUT2D eigenvalue weighted by atomic mass is 32.2. The van der Waals surface area contributed by atoms with Crippen LogP contribution in [0, 0.1) is 5.92 Å². The normalized spacial score (nSPS) is 24.8. The number of H-pyrrole nitrogens is 1. The Morgan fingerprint density at radius 1 is 1.47 bits per heavy atom. The lowest BCUT2D eigenvalue weighted by Gasteiger charge is -2.14. The minimum Gasteiger partial charge on any atom is -0.299 e. The van der Waals surface area contributed by atoms with Crippen LogP contribution in [0.1, 0.15) is 39.7 Å². The summed E-state index contributed by atoms with van der Waals surface area (Å²) in [5, 5.41) is 7.44. The van der Waals surface area contributed by atoms with Gasteiger partial charge in [-0.25, -0.2) is 9.89 Å². The molecule has 6 heteroatoms. The number of hydrogen-bond donors (Lipinski definition) is 1. The molecule has 0 spiro atoms. The topological polar surface area (TPSA) is 67.8 Å². The van der Waals surface area contributed by atoms with Gasteiger partial charge in [-0.3, -0.25) is 9.36 Å². The third-order valence-corrected chi connectivity index (χ3v) is 4.63. The summed E-state index contributed by atoms with van der Waals surface area (Å²) < 4.78 is 1.64. The molecule has 2 unspecified atom stereocenters. The Hall–Kier alpha value is -1.04. The van der Waals surface area contributed by atoms with Crippen LogP contribution in [0.25, 0.3) is 0 Å². The van der Waals surface area contributed by atoms with Gasteiger partial charge in [0.2, 0.25) is 0 Å². The highest BCUT2D eigenvalue weighted by Crippen LogP contribution is 2.36. The second kappa shape index (κ2) is 4.68. The summed E-state index contributed by atoms with van der Waals surface area (Å²) in [7, 11) is 0. The number of ketones is 1. The molecule has 1 aromatic heterocycles. The van der Waals surface area contributed by atoms with Gasteiger partial charge in [-0.15, -0.1) is 5.10 Å². The smallest absolute Gasteiger partial charge is 0.299 e. The molecule has 0 amide bonds. The first-order valence-electron chi connectivity index (χ1n) is 5.87. The van der Waals surface area contributed by atoms with Crippen molar-refractivity contribution in [1.29, 1.82) is 0 Å². The first-order chi connectivity index (χ1) is 8.00. The van der Waals surface area contributed by atoms with Crippen molar-refractivity contribution in [3.05, 3.63) is 10.5 Å². The average Bonchev–Trinajstić information content (AvgIpc) is 2.77. The van der Waals surface area contributed by atoms with Crippen LogP contribution in [0.15, 0.2) is 9.95 Å². The Kier molecular flexibility index (Phi) is 3.42. The van der Waals surface area contributed by atoms with E-state index in [-0.39, 0.29) is 22.9 Å². The Morgan fingerprint density at radius 2 is 2.18 bits per heavy atom. The fourth-order valence-corrected chi connectivity index (χ4v) is 3.46. The molecule has 1 aliphatic carbocycles. The van der Waals surface area contributed by atoms with E-state index < -0.39 is 0 Å². The summed E-state index contributed by atoms with van der Waals surface area (Å²) in [6, 6.07) is 0.0798. The van der Waals surface area contributed by atoms with Crippen molar-refractivity contribution >= 4 is 17.5 Å². The summed E-state index contributed by atoms with van der Waals surface area (Å²) in [5.74, 6) is 0.379. The lowest BCUT2D eigenvalue weighted by molar-refractivity contribution is -0.120. The Bertz CT molecular complexity index is 477. The first kappa shape index (κ1) is 12.4. The van der Waals surface area contributed by atoms with Crippen LogP contribution in [0.3, 0.4) is 0 Å². The first-order valence-corrected chi connectivity index (χ1v) is 6.75. The maximum absolute atomic E-state index is 11.6. The molecule has 1 fully saturated rings. The lowest BCUT2D eigenvalue weighted by Crippen LogP contribution is -2.20. The van der Waals surface area contributed by atoms with Crippen LogP contribution < -0.4 is 5.69 Å². The van der Waals surface area contributed by atoms with E-state index in [1.54, 1.807) is 4.57 Å². The number of carbonyl (C=O) groups is 1. The second-order valence-electron chi connectivity index (χ2n) is 4.73. The molecule has 0 saturated heterocycles. The largest absolute Gasteiger partial charge is 0.344 e. The van der Waals surface area contributed by atoms with Gasteiger partial charge in [0.1, 0.15) is 5.78 Å². The molecule has 0 aliphatic heterocycles. The van der Waals surface area contributed by atoms with E-state index in [0.29, 0.717) is 17.4 Å². The van der Waals surface area contributed by atoms with Crippen molar-refractivity contribution in [2.45, 2.75) is 50.1 Å². The molecular weight excluding hydrogens is 238 g/mol. The van der Waals surface area contributed by atoms with Crippen molar-refractivity contribution in [2.75, 3.05) is 0 Å². The summed E-state index contributed by atoms with van der Waals surface area (Å²) in [5.41, 5.74) is -0.181. The van der Waals surface area contributed by atoms with Gasteiger partial charge in [0.05, 0.1) is 0 Å². The lowest BCUT2D eigenvalue weighted by atomic mass is 10.1. The zero-order valence-electron chi connectivity index (χ0n) is 10.3. The molecule has 1 aromatic rings. The zero-order chi connectivity index (χ0) is 12.6. The van der Waals surface area contributed by atoms with Gasteiger partial charge in [0, 0.05) is 23.6 Å². The third kappa shape index (κ3) is 2.31. The molecule has 5 nitrogen and oxygen atoms in total. The van der Waals surface area contributed by atoms with Gasteiger partial charge in [-0.05, 0) is 20.3 Å². The molecule has 1 N–H and O–H groups in total. The number of rotatable bonds is 3. The molecule has 1 heterocycles. The fourth-order valence-electron chi connectivity index (χ4n) is 2.09. The molecule has 2 atom stereocenters. The number of carbonyl (C=O) groups excluding carboxylic acids is 1. The number of nitrogens with zero attached hydrogens (tertiary/aromatic N) is 2. The van der Waals surface area contributed by atoms with Crippen LogP contribution in [-0.2, 0) is 4.79 Å². The number of hydrogen-bond acceptors (Lipinski definition) is 4. The van der Waals surface area contributed by atoms with E-state index in [1.165, 1.54) is 11.8 Å². The number of thioether (sulfide) groups is 1. The van der Waals surface area contributed by atoms with E-state index in [4.69, 9.17) is 0 Å². The summed E-state index contributed by atoms with van der Waals surface area (Å²) in [6.45, 7) is 5.85. The molecule has 0 radical (unpaired) electrons. The number of Topliss-reactive ketones (excluding diaryl/α,β-unsaturated/α-hetero) is 1. The van der Waals surface area contributed by atoms with E-state index in [9.17, 15) is 9.59 Å². The molecule has 0 bridgehead atoms. The maximum Gasteiger partial charge on any atom is 0.344 e. The highest BCUT2D eigenvalue weighted by Gasteiger charge is 2.33. The monoisotopic (exact) mass is 255 g/mol. The highest BCUT2D eigenvalue weighted by molar-refractivity contribution is 7.99. The summed E-state index contributed by atoms with van der Waals surface area (Å²) in [6.07, 6.45) is 1.53. The maximum atomic E-state index is 11.6. The van der Waals surface area contributed by atoms with Gasteiger partial charge < -0.3 is 0 Å². The average molecular weight is 255 g/mol. The van der Waals surface area contributed by atoms with E-state index in [2.05, 4.69) is 10.2 Å². The Morgan fingerprint density at radius 3 is 2.71 bits per heavy atom. The van der Waals surface area contributed by atoms with Crippen LogP contribution in [0.2, 0.25) is 0 Å². The SMILES string of the molecule is CC1C(=O)CCC1Sc1n[nH]c(=O)n1C(C)C. The van der Waals surface area contributed by atoms with Crippen LogP contribution in [-0.4, -0.2) is 25.8 Å². The number of nitrogens with one attached hydrogen (secondary N) is 1. The van der Waals surface area contributed by atoms with Crippen molar-refractivity contribution in [2.24, 2.45) is 5.92 Å². The predicted octanol–water partition coefficient (Wildman–Crippen LogP) is 1.61. The minimum absolute atomic E-state index is 0.0624. The molecule has 2 rings (SSSR count). The predicted molar refractivity (Wildman–Crippen MR) is 66.3 cm³/mol. The van der Waals surface area contributed by atoms with Crippen molar-refractivity contribution in [3.8, 4) is 0 Å². The van der Waals surface area contributed by atoms with Gasteiger partial charge in [0.25, 0.3) is 0 Å². The van der Waals surface area contributed by atoms with Crippen molar-refractivity contribution < 1.29 is 4.79 Å². The van der Waals surface area contributed by atoms with Gasteiger partial charge in [-0.2, -0.15) is 0 Å². The third-order valence-electron chi connectivity index (χ3n) is 3.19. The molecule has 1 aliphatic rings. The molecule has 17 heavy (non-hydrogen) atoms. The zero-order valence-corrected chi connectivity index (χ0v) is 11.1. The summed E-state index contributed by atoms with van der Waals surface area (Å²) >= 11 is 1.54. The van der Waals surface area contributed by atoms with E-state index >= 15 is 0 Å². The Balaban J connectivity index is 2.20. The van der Waals surface area contributed by atoms with Gasteiger partial charge in [-0.1, -0.05) is 18.7 Å². The quantitative estimate of drug-likeness (QED) is 0.891. The van der Waals surface area contributed by atoms with Gasteiger partial charge >= 0.3 is 5.69 Å². The van der Waals surface area contributed by atoms with Crippen molar-refractivity contribution in [1.82, 2.24) is 14.8 Å². The standard InChI is InChI=1S/C11H17N3O2S/c1-6(2)14-10(16)12-13-11(14)17-9-5-4-8(15)7(9)3/h6-7,9H,4-5H2,1-3H3,(H,12,16). The summed E-state index contributed by atoms with van der Waals surface area (Å²) in [4.78, 5) is 23.1. The fraction of sp³-hybridized carbons (Fsp3) is 0.727. The number of aromatic nitrogens is 3. The van der Waals surface area contributed by atoms with Crippen LogP contribution in [0.5, 0.6) is 0 Å². The molecule has 1 saturated carbocycles. The molecular formula is C11H17N3O2S. The van der Waals surface area contributed by atoms with Gasteiger partial charge in [0.15, 0.2) is 5.16 Å².